The molecule has 1 aliphatic carbocycles. The van der Waals surface area contributed by atoms with Gasteiger partial charge < -0.3 is 10.1 Å². The van der Waals surface area contributed by atoms with Crippen LogP contribution < -0.4 is 5.32 Å². The zero-order chi connectivity index (χ0) is 13.9. The van der Waals surface area contributed by atoms with Gasteiger partial charge in [-0.1, -0.05) is 36.4 Å². The molecular weight excluding hydrogens is 254 g/mol. The molecule has 1 fully saturated rings. The number of nitrogens with one attached hydrogen (secondary N) is 1. The average Bonchev–Trinajstić information content (AvgIpc) is 3.27. The van der Waals surface area contributed by atoms with Crippen molar-refractivity contribution in [3.8, 4) is 0 Å². The molecule has 3 rings (SSSR count). The maximum atomic E-state index is 12.0. The Morgan fingerprint density at radius 3 is 3.05 bits per heavy atom. The van der Waals surface area contributed by atoms with E-state index in [1.165, 1.54) is 5.57 Å². The largest absolute Gasteiger partial charge is 0.360 e. The maximum Gasteiger partial charge on any atom is 0.252 e. The zero-order valence-electron chi connectivity index (χ0n) is 10.9. The fourth-order valence-corrected chi connectivity index (χ4v) is 2.40. The lowest BCUT2D eigenvalue weighted by Crippen LogP contribution is -2.26. The summed E-state index contributed by atoms with van der Waals surface area (Å²) in [7, 11) is 0. The average molecular weight is 269 g/mol. The lowest BCUT2D eigenvalue weighted by molar-refractivity contribution is 0.0948. The summed E-state index contributed by atoms with van der Waals surface area (Å²) < 4.78 is 5.45. The van der Waals surface area contributed by atoms with Crippen LogP contribution in [-0.4, -0.2) is 30.9 Å². The molecule has 0 spiro atoms. The molecule has 1 amide bonds. The number of allylic oxidation sites excluding steroid dienone is 2. The first-order valence-corrected chi connectivity index (χ1v) is 6.65. The molecule has 0 aromatic heterocycles. The molecule has 1 heterocycles. The minimum Gasteiger partial charge on any atom is -0.360 e. The third kappa shape index (κ3) is 2.56. The lowest BCUT2D eigenvalue weighted by atomic mass is 10.0. The molecule has 1 aliphatic heterocycles. The molecule has 4 nitrogen and oxygen atoms in total. The lowest BCUT2D eigenvalue weighted by Gasteiger charge is -2.09. The van der Waals surface area contributed by atoms with Crippen LogP contribution >= 0.6 is 0 Å². The second kappa shape index (κ2) is 5.43. The summed E-state index contributed by atoms with van der Waals surface area (Å²) in [4.78, 5) is 22.9. The van der Waals surface area contributed by atoms with Gasteiger partial charge in [-0.05, 0) is 18.1 Å². The van der Waals surface area contributed by atoms with E-state index in [0.29, 0.717) is 24.0 Å². The molecule has 1 aromatic rings. The van der Waals surface area contributed by atoms with Crippen LogP contribution in [0.1, 0.15) is 27.1 Å². The van der Waals surface area contributed by atoms with Gasteiger partial charge in [-0.15, -0.1) is 0 Å². The highest BCUT2D eigenvalue weighted by molar-refractivity contribution is 6.01. The molecule has 20 heavy (non-hydrogen) atoms. The van der Waals surface area contributed by atoms with Gasteiger partial charge in [0.15, 0.2) is 6.29 Å². The van der Waals surface area contributed by atoms with Crippen LogP contribution in [0.5, 0.6) is 0 Å². The number of aldehydes is 1. The first-order valence-electron chi connectivity index (χ1n) is 6.65. The molecule has 0 bridgehead atoms. The molecule has 0 radical (unpaired) electrons. The highest BCUT2D eigenvalue weighted by atomic mass is 16.6. The number of amides is 1. The number of hydrogen-bond acceptors (Lipinski definition) is 3. The summed E-state index contributed by atoms with van der Waals surface area (Å²) in [5, 5.41) is 2.84. The molecule has 4 heteroatoms. The Bertz CT molecular complexity index is 603. The van der Waals surface area contributed by atoms with Crippen LogP contribution in [0.15, 0.2) is 48.1 Å². The summed E-state index contributed by atoms with van der Waals surface area (Å²) in [6.45, 7) is 0.540. The van der Waals surface area contributed by atoms with E-state index >= 15 is 0 Å². The fraction of sp³-hybridized carbons (Fsp3) is 0.250. The van der Waals surface area contributed by atoms with E-state index in [0.717, 1.165) is 6.42 Å². The summed E-state index contributed by atoms with van der Waals surface area (Å²) in [6.07, 6.45) is 7.98. The van der Waals surface area contributed by atoms with Crippen molar-refractivity contribution in [2.75, 3.05) is 6.54 Å². The second-order valence-electron chi connectivity index (χ2n) is 4.86. The van der Waals surface area contributed by atoms with Crippen LogP contribution in [0.2, 0.25) is 0 Å². The number of carbonyl (C=O) groups excluding carboxylic acids is 2. The van der Waals surface area contributed by atoms with E-state index in [4.69, 9.17) is 4.74 Å². The predicted molar refractivity (Wildman–Crippen MR) is 74.7 cm³/mol. The SMILES string of the molecule is O=Cc1ccccc1C(=O)NCCC1=CC=CC2OC12. The van der Waals surface area contributed by atoms with Crippen LogP contribution in [0.25, 0.3) is 0 Å². The van der Waals surface area contributed by atoms with Crippen molar-refractivity contribution in [1.29, 1.82) is 0 Å². The highest BCUT2D eigenvalue weighted by Crippen LogP contribution is 2.34. The summed E-state index contributed by atoms with van der Waals surface area (Å²) in [5.74, 6) is -0.215. The molecule has 0 saturated carbocycles. The minimum atomic E-state index is -0.215. The van der Waals surface area contributed by atoms with Crippen molar-refractivity contribution in [3.63, 3.8) is 0 Å². The van der Waals surface area contributed by atoms with Gasteiger partial charge in [-0.3, -0.25) is 9.59 Å². The van der Waals surface area contributed by atoms with Crippen molar-refractivity contribution in [2.45, 2.75) is 18.6 Å². The predicted octanol–water partition coefficient (Wildman–Crippen LogP) is 1.88. The van der Waals surface area contributed by atoms with Crippen LogP contribution in [0, 0.1) is 0 Å². The van der Waals surface area contributed by atoms with Gasteiger partial charge in [0.1, 0.15) is 12.2 Å². The van der Waals surface area contributed by atoms with Crippen molar-refractivity contribution >= 4 is 12.2 Å². The Morgan fingerprint density at radius 2 is 2.20 bits per heavy atom. The van der Waals surface area contributed by atoms with E-state index in [2.05, 4.69) is 5.32 Å². The Morgan fingerprint density at radius 1 is 1.35 bits per heavy atom. The summed E-state index contributed by atoms with van der Waals surface area (Å²) >= 11 is 0. The Labute approximate surface area is 117 Å². The summed E-state index contributed by atoms with van der Waals surface area (Å²) in [5.41, 5.74) is 2.04. The number of benzene rings is 1. The number of epoxide rings is 1. The van der Waals surface area contributed by atoms with Crippen LogP contribution in [0.4, 0.5) is 0 Å². The van der Waals surface area contributed by atoms with E-state index < -0.39 is 0 Å². The second-order valence-corrected chi connectivity index (χ2v) is 4.86. The first-order chi connectivity index (χ1) is 9.79. The standard InChI is InChI=1S/C16H15NO3/c18-10-12-4-1-2-6-13(12)16(19)17-9-8-11-5-3-7-14-15(11)20-14/h1-7,10,14-15H,8-9H2,(H,17,19). The van der Waals surface area contributed by atoms with Gasteiger partial charge in [0, 0.05) is 17.7 Å². The van der Waals surface area contributed by atoms with Gasteiger partial charge in [0.05, 0.1) is 0 Å². The van der Waals surface area contributed by atoms with Gasteiger partial charge in [-0.25, -0.2) is 0 Å². The smallest absolute Gasteiger partial charge is 0.252 e. The number of fused-ring (bicyclic) bond motifs is 1. The highest BCUT2D eigenvalue weighted by Gasteiger charge is 2.40. The van der Waals surface area contributed by atoms with Crippen molar-refractivity contribution in [3.05, 3.63) is 59.2 Å². The zero-order valence-corrected chi connectivity index (χ0v) is 10.9. The molecule has 2 atom stereocenters. The first kappa shape index (κ1) is 12.8. The quantitative estimate of drug-likeness (QED) is 0.656. The fourth-order valence-electron chi connectivity index (χ4n) is 2.40. The number of carbonyl (C=O) groups is 2. The van der Waals surface area contributed by atoms with Gasteiger partial charge in [-0.2, -0.15) is 0 Å². The Balaban J connectivity index is 1.56. The van der Waals surface area contributed by atoms with Crippen molar-refractivity contribution in [2.24, 2.45) is 0 Å². The monoisotopic (exact) mass is 269 g/mol. The molecule has 1 saturated heterocycles. The normalized spacial score (nSPS) is 22.7. The van der Waals surface area contributed by atoms with Gasteiger partial charge in [0.25, 0.3) is 5.91 Å². The molecular formula is C16H15NO3. The van der Waals surface area contributed by atoms with E-state index in [-0.39, 0.29) is 18.1 Å². The molecule has 1 N–H and O–H groups in total. The number of hydrogen-bond donors (Lipinski definition) is 1. The maximum absolute atomic E-state index is 12.0. The Kier molecular flexibility index (Phi) is 3.48. The van der Waals surface area contributed by atoms with Crippen LogP contribution in [-0.2, 0) is 4.74 Å². The van der Waals surface area contributed by atoms with E-state index in [9.17, 15) is 9.59 Å². The topological polar surface area (TPSA) is 58.7 Å². The molecule has 2 unspecified atom stereocenters. The van der Waals surface area contributed by atoms with Crippen molar-refractivity contribution in [1.82, 2.24) is 5.32 Å². The summed E-state index contributed by atoms with van der Waals surface area (Å²) in [6, 6.07) is 6.78. The van der Waals surface area contributed by atoms with Crippen molar-refractivity contribution < 1.29 is 14.3 Å². The third-order valence-electron chi connectivity index (χ3n) is 3.53. The number of ether oxygens (including phenoxy) is 1. The van der Waals surface area contributed by atoms with E-state index in [1.54, 1.807) is 24.3 Å². The molecule has 2 aliphatic rings. The van der Waals surface area contributed by atoms with E-state index in [1.807, 2.05) is 18.2 Å². The molecule has 102 valence electrons. The third-order valence-corrected chi connectivity index (χ3v) is 3.53. The minimum absolute atomic E-state index is 0.208. The van der Waals surface area contributed by atoms with Gasteiger partial charge >= 0.3 is 0 Å². The Hall–Kier alpha value is -2.20. The number of rotatable bonds is 5. The van der Waals surface area contributed by atoms with Gasteiger partial charge in [0.2, 0.25) is 0 Å². The van der Waals surface area contributed by atoms with Crippen LogP contribution in [0.3, 0.4) is 0 Å². The molecule has 1 aromatic carbocycles.